The third-order valence-corrected chi connectivity index (χ3v) is 4.76. The van der Waals surface area contributed by atoms with Gasteiger partial charge in [-0.3, -0.25) is 14.6 Å². The minimum atomic E-state index is -0.0395. The number of guanidine groups is 1. The van der Waals surface area contributed by atoms with Gasteiger partial charge in [-0.15, -0.1) is 24.0 Å². The number of aromatic nitrogens is 1. The molecule has 1 saturated heterocycles. The van der Waals surface area contributed by atoms with Gasteiger partial charge >= 0.3 is 0 Å². The fourth-order valence-corrected chi connectivity index (χ4v) is 3.06. The largest absolute Gasteiger partial charge is 0.357 e. The molecule has 0 radical (unpaired) electrons. The van der Waals surface area contributed by atoms with Crippen LogP contribution >= 0.6 is 24.0 Å². The van der Waals surface area contributed by atoms with Crippen LogP contribution in [-0.2, 0) is 16.0 Å². The van der Waals surface area contributed by atoms with Gasteiger partial charge in [0.2, 0.25) is 11.8 Å². The van der Waals surface area contributed by atoms with Crippen LogP contribution in [0.3, 0.4) is 0 Å². The van der Waals surface area contributed by atoms with Crippen LogP contribution in [0.15, 0.2) is 29.4 Å². The fraction of sp³-hybridized carbons (Fsp3) is 0.600. The van der Waals surface area contributed by atoms with Crippen molar-refractivity contribution in [1.29, 1.82) is 0 Å². The molecule has 1 fully saturated rings. The maximum atomic E-state index is 12.4. The molecule has 1 atom stereocenters. The molecule has 0 aliphatic carbocycles. The van der Waals surface area contributed by atoms with Gasteiger partial charge in [0.15, 0.2) is 5.96 Å². The van der Waals surface area contributed by atoms with Crippen molar-refractivity contribution in [2.45, 2.75) is 39.2 Å². The number of pyridine rings is 1. The van der Waals surface area contributed by atoms with Gasteiger partial charge in [0.05, 0.1) is 0 Å². The monoisotopic (exact) mass is 516 g/mol. The summed E-state index contributed by atoms with van der Waals surface area (Å²) < 4.78 is 0. The highest BCUT2D eigenvalue weighted by atomic mass is 127. The lowest BCUT2D eigenvalue weighted by Crippen LogP contribution is -2.45. The third kappa shape index (κ3) is 8.55. The highest BCUT2D eigenvalue weighted by molar-refractivity contribution is 14.0. The molecule has 0 spiro atoms. The van der Waals surface area contributed by atoms with E-state index in [9.17, 15) is 9.59 Å². The molecule has 162 valence electrons. The predicted molar refractivity (Wildman–Crippen MR) is 125 cm³/mol. The number of aliphatic imine (C=N–C) groups is 1. The van der Waals surface area contributed by atoms with E-state index in [0.29, 0.717) is 38.4 Å². The Morgan fingerprint density at radius 2 is 2.14 bits per heavy atom. The summed E-state index contributed by atoms with van der Waals surface area (Å²) in [6, 6.07) is 5.94. The van der Waals surface area contributed by atoms with Crippen molar-refractivity contribution in [2.75, 3.05) is 39.8 Å². The summed E-state index contributed by atoms with van der Waals surface area (Å²) in [5.74, 6) is 0.753. The molecular weight excluding hydrogens is 483 g/mol. The number of carbonyl (C=O) groups excluding carboxylic acids is 2. The molecule has 2 N–H and O–H groups in total. The smallest absolute Gasteiger partial charge is 0.244 e. The van der Waals surface area contributed by atoms with Gasteiger partial charge in [0.1, 0.15) is 6.54 Å². The van der Waals surface area contributed by atoms with Crippen molar-refractivity contribution in [3.05, 3.63) is 30.1 Å². The van der Waals surface area contributed by atoms with Crippen LogP contribution in [0.1, 0.15) is 32.4 Å². The van der Waals surface area contributed by atoms with Crippen LogP contribution in [0.5, 0.6) is 0 Å². The Kier molecular flexibility index (Phi) is 11.6. The SMILES string of the molecule is CCNC(=NCC(=O)N(C)CCc1ccccn1)NC1CCN(C(=O)CC)C1.I. The van der Waals surface area contributed by atoms with Gasteiger partial charge in [0.25, 0.3) is 0 Å². The molecule has 2 heterocycles. The molecule has 1 aromatic heterocycles. The maximum Gasteiger partial charge on any atom is 0.244 e. The van der Waals surface area contributed by atoms with Crippen molar-refractivity contribution in [3.8, 4) is 0 Å². The van der Waals surface area contributed by atoms with Crippen LogP contribution in [-0.4, -0.2) is 78.4 Å². The molecule has 8 nitrogen and oxygen atoms in total. The number of amides is 2. The first-order chi connectivity index (χ1) is 13.5. The second-order valence-corrected chi connectivity index (χ2v) is 6.90. The minimum Gasteiger partial charge on any atom is -0.357 e. The van der Waals surface area contributed by atoms with E-state index >= 15 is 0 Å². The van der Waals surface area contributed by atoms with Gasteiger partial charge in [-0.25, -0.2) is 4.99 Å². The Labute approximate surface area is 190 Å². The van der Waals surface area contributed by atoms with E-state index in [1.54, 1.807) is 18.1 Å². The van der Waals surface area contributed by atoms with E-state index in [4.69, 9.17) is 0 Å². The van der Waals surface area contributed by atoms with Crippen molar-refractivity contribution in [1.82, 2.24) is 25.4 Å². The van der Waals surface area contributed by atoms with E-state index in [1.165, 1.54) is 0 Å². The van der Waals surface area contributed by atoms with Crippen LogP contribution in [0, 0.1) is 0 Å². The van der Waals surface area contributed by atoms with Crippen LogP contribution < -0.4 is 10.6 Å². The zero-order chi connectivity index (χ0) is 20.4. The zero-order valence-corrected chi connectivity index (χ0v) is 19.9. The summed E-state index contributed by atoms with van der Waals surface area (Å²) in [6.45, 7) is 6.70. The molecule has 1 aromatic rings. The summed E-state index contributed by atoms with van der Waals surface area (Å²) >= 11 is 0. The number of hydrogen-bond donors (Lipinski definition) is 2. The second kappa shape index (κ2) is 13.3. The van der Waals surface area contributed by atoms with Crippen molar-refractivity contribution in [3.63, 3.8) is 0 Å². The van der Waals surface area contributed by atoms with Crippen molar-refractivity contribution >= 4 is 41.8 Å². The number of likely N-dealkylation sites (tertiary alicyclic amines) is 1. The molecule has 0 aromatic carbocycles. The zero-order valence-electron chi connectivity index (χ0n) is 17.6. The topological polar surface area (TPSA) is 89.9 Å². The predicted octanol–water partition coefficient (Wildman–Crippen LogP) is 1.27. The van der Waals surface area contributed by atoms with E-state index in [2.05, 4.69) is 20.6 Å². The number of hydrogen-bond acceptors (Lipinski definition) is 4. The lowest BCUT2D eigenvalue weighted by atomic mass is 10.2. The molecular formula is C20H33IN6O2. The van der Waals surface area contributed by atoms with Gasteiger partial charge in [-0.2, -0.15) is 0 Å². The Morgan fingerprint density at radius 1 is 1.34 bits per heavy atom. The normalized spacial score (nSPS) is 16.2. The first-order valence-corrected chi connectivity index (χ1v) is 10.00. The Balaban J connectivity index is 0.00000420. The van der Waals surface area contributed by atoms with E-state index in [-0.39, 0.29) is 48.4 Å². The first kappa shape index (κ1) is 25.1. The number of nitrogens with zero attached hydrogens (tertiary/aromatic N) is 4. The van der Waals surface area contributed by atoms with Gasteiger partial charge in [-0.1, -0.05) is 13.0 Å². The standard InChI is InChI=1S/C20H32N6O2.HI/c1-4-18(27)26-13-10-17(15-26)24-20(21-5-2)23-14-19(28)25(3)12-9-16-8-6-7-11-22-16;/h6-8,11,17H,4-5,9-10,12-15H2,1-3H3,(H2,21,23,24);1H. The second-order valence-electron chi connectivity index (χ2n) is 6.90. The first-order valence-electron chi connectivity index (χ1n) is 10.00. The summed E-state index contributed by atoms with van der Waals surface area (Å²) in [4.78, 5) is 36.5. The summed E-state index contributed by atoms with van der Waals surface area (Å²) in [5.41, 5.74) is 0.966. The molecule has 1 aliphatic heterocycles. The fourth-order valence-electron chi connectivity index (χ4n) is 3.06. The Bertz CT molecular complexity index is 670. The summed E-state index contributed by atoms with van der Waals surface area (Å²) in [7, 11) is 1.78. The van der Waals surface area contributed by atoms with Crippen molar-refractivity contribution < 1.29 is 9.59 Å². The molecule has 1 aliphatic rings. The Hall–Kier alpha value is -1.91. The molecule has 1 unspecified atom stereocenters. The van der Waals surface area contributed by atoms with E-state index in [0.717, 1.165) is 18.7 Å². The number of carbonyl (C=O) groups is 2. The summed E-state index contributed by atoms with van der Waals surface area (Å²) in [6.07, 6.45) is 3.89. The average molecular weight is 516 g/mol. The maximum absolute atomic E-state index is 12.4. The quantitative estimate of drug-likeness (QED) is 0.309. The highest BCUT2D eigenvalue weighted by Gasteiger charge is 2.25. The number of rotatable bonds is 8. The lowest BCUT2D eigenvalue weighted by Gasteiger charge is -2.19. The van der Waals surface area contributed by atoms with Crippen LogP contribution in [0.4, 0.5) is 0 Å². The van der Waals surface area contributed by atoms with Crippen LogP contribution in [0.25, 0.3) is 0 Å². The number of halogens is 1. The highest BCUT2D eigenvalue weighted by Crippen LogP contribution is 2.10. The summed E-state index contributed by atoms with van der Waals surface area (Å²) in [5, 5.41) is 6.52. The minimum absolute atomic E-state index is 0. The molecule has 29 heavy (non-hydrogen) atoms. The molecule has 2 amide bonds. The molecule has 0 saturated carbocycles. The van der Waals surface area contributed by atoms with Gasteiger partial charge in [-0.05, 0) is 25.5 Å². The van der Waals surface area contributed by atoms with Crippen LogP contribution in [0.2, 0.25) is 0 Å². The number of nitrogens with one attached hydrogen (secondary N) is 2. The van der Waals surface area contributed by atoms with E-state index < -0.39 is 0 Å². The molecule has 2 rings (SSSR count). The lowest BCUT2D eigenvalue weighted by molar-refractivity contribution is -0.130. The molecule has 0 bridgehead atoms. The van der Waals surface area contributed by atoms with Gasteiger partial charge in [0, 0.05) is 64.0 Å². The molecule has 9 heteroatoms. The van der Waals surface area contributed by atoms with E-state index in [1.807, 2.05) is 36.9 Å². The average Bonchev–Trinajstić information content (AvgIpc) is 3.18. The number of likely N-dealkylation sites (N-methyl/N-ethyl adjacent to an activating group) is 1. The Morgan fingerprint density at radius 3 is 2.79 bits per heavy atom. The van der Waals surface area contributed by atoms with Gasteiger partial charge < -0.3 is 20.4 Å². The van der Waals surface area contributed by atoms with Crippen molar-refractivity contribution in [2.24, 2.45) is 4.99 Å². The third-order valence-electron chi connectivity index (χ3n) is 4.76.